The fourth-order valence-corrected chi connectivity index (χ4v) is 3.51. The summed E-state index contributed by atoms with van der Waals surface area (Å²) in [6, 6.07) is 16.5. The molecule has 112 valence electrons. The summed E-state index contributed by atoms with van der Waals surface area (Å²) in [6.07, 6.45) is 0. The molecule has 0 aliphatic carbocycles. The maximum absolute atomic E-state index is 12.8. The number of benzene rings is 2. The zero-order valence-electron chi connectivity index (χ0n) is 13.0. The average Bonchev–Trinajstić information content (AvgIpc) is 2.97. The molecule has 0 fully saturated rings. The van der Waals surface area contributed by atoms with E-state index in [9.17, 15) is 4.79 Å². The third-order valence-electron chi connectivity index (χ3n) is 4.17. The maximum atomic E-state index is 12.8. The Morgan fingerprint density at radius 1 is 1.09 bits per heavy atom. The summed E-state index contributed by atoms with van der Waals surface area (Å²) in [5.41, 5.74) is 3.18. The van der Waals surface area contributed by atoms with Gasteiger partial charge in [-0.3, -0.25) is 4.79 Å². The lowest BCUT2D eigenvalue weighted by Crippen LogP contribution is -2.29. The van der Waals surface area contributed by atoms with Crippen LogP contribution in [0.4, 0.5) is 0 Å². The Morgan fingerprint density at radius 2 is 1.77 bits per heavy atom. The van der Waals surface area contributed by atoms with Crippen molar-refractivity contribution in [3.63, 3.8) is 0 Å². The minimum absolute atomic E-state index is 0.0479. The minimum atomic E-state index is 0.0479. The van der Waals surface area contributed by atoms with Gasteiger partial charge in [-0.1, -0.05) is 48.0 Å². The van der Waals surface area contributed by atoms with Crippen LogP contribution in [0.25, 0.3) is 10.1 Å². The van der Waals surface area contributed by atoms with E-state index in [1.54, 1.807) is 11.3 Å². The Balaban J connectivity index is 1.89. The molecule has 3 aromatic rings. The van der Waals surface area contributed by atoms with E-state index in [2.05, 4.69) is 44.2 Å². The van der Waals surface area contributed by atoms with Gasteiger partial charge >= 0.3 is 0 Å². The normalized spacial score (nSPS) is 12.3. The molecule has 0 saturated carbocycles. The molecule has 0 aliphatic heterocycles. The highest BCUT2D eigenvalue weighted by molar-refractivity contribution is 7.17. The Kier molecular flexibility index (Phi) is 3.99. The standard InChI is InChI=1S/C19H19NOS/c1-13-8-10-15(11-9-13)14(2)20(3)19(21)17-12-22-18-7-5-4-6-16(17)18/h4-12,14H,1-3H3. The van der Waals surface area contributed by atoms with Crippen molar-refractivity contribution in [2.75, 3.05) is 7.05 Å². The Bertz CT molecular complexity index is 804. The summed E-state index contributed by atoms with van der Waals surface area (Å²) in [7, 11) is 1.87. The number of thiophene rings is 1. The van der Waals surface area contributed by atoms with Crippen LogP contribution >= 0.6 is 11.3 Å². The first-order chi connectivity index (χ1) is 10.6. The number of hydrogen-bond acceptors (Lipinski definition) is 2. The summed E-state index contributed by atoms with van der Waals surface area (Å²) >= 11 is 1.62. The van der Waals surface area contributed by atoms with Gasteiger partial charge in [0.25, 0.3) is 5.91 Å². The van der Waals surface area contributed by atoms with Crippen LogP contribution < -0.4 is 0 Å². The van der Waals surface area contributed by atoms with E-state index in [0.29, 0.717) is 0 Å². The SMILES string of the molecule is Cc1ccc(C(C)N(C)C(=O)c2csc3ccccc23)cc1. The zero-order chi connectivity index (χ0) is 15.7. The quantitative estimate of drug-likeness (QED) is 0.663. The Labute approximate surface area is 135 Å². The van der Waals surface area contributed by atoms with Crippen LogP contribution in [0.15, 0.2) is 53.9 Å². The van der Waals surface area contributed by atoms with Gasteiger partial charge in [0.15, 0.2) is 0 Å². The molecule has 3 rings (SSSR count). The average molecular weight is 309 g/mol. The molecule has 0 saturated heterocycles. The molecule has 2 aromatic carbocycles. The molecule has 3 heteroatoms. The number of hydrogen-bond donors (Lipinski definition) is 0. The molecule has 2 nitrogen and oxygen atoms in total. The molecule has 22 heavy (non-hydrogen) atoms. The van der Waals surface area contributed by atoms with Crippen molar-refractivity contribution in [1.29, 1.82) is 0 Å². The van der Waals surface area contributed by atoms with Crippen LogP contribution in [0.5, 0.6) is 0 Å². The second-order valence-electron chi connectivity index (χ2n) is 5.65. The lowest BCUT2D eigenvalue weighted by Gasteiger charge is -2.25. The highest BCUT2D eigenvalue weighted by Gasteiger charge is 2.21. The number of carbonyl (C=O) groups is 1. The van der Waals surface area contributed by atoms with E-state index in [1.807, 2.05) is 35.5 Å². The van der Waals surface area contributed by atoms with Crippen molar-refractivity contribution < 1.29 is 4.79 Å². The van der Waals surface area contributed by atoms with Gasteiger partial charge in [-0.25, -0.2) is 0 Å². The van der Waals surface area contributed by atoms with Gasteiger partial charge in [-0.2, -0.15) is 0 Å². The van der Waals surface area contributed by atoms with E-state index in [-0.39, 0.29) is 11.9 Å². The number of rotatable bonds is 3. The van der Waals surface area contributed by atoms with Crippen molar-refractivity contribution in [3.05, 3.63) is 70.6 Å². The van der Waals surface area contributed by atoms with Crippen molar-refractivity contribution in [2.45, 2.75) is 19.9 Å². The second-order valence-corrected chi connectivity index (χ2v) is 6.56. The Morgan fingerprint density at radius 3 is 2.50 bits per heavy atom. The molecule has 1 amide bonds. The van der Waals surface area contributed by atoms with Crippen molar-refractivity contribution in [2.24, 2.45) is 0 Å². The van der Waals surface area contributed by atoms with E-state index in [4.69, 9.17) is 0 Å². The Hall–Kier alpha value is -2.13. The summed E-state index contributed by atoms with van der Waals surface area (Å²) in [6.45, 7) is 4.14. The minimum Gasteiger partial charge on any atom is -0.335 e. The third kappa shape index (κ3) is 2.64. The molecule has 0 spiro atoms. The summed E-state index contributed by atoms with van der Waals surface area (Å²) < 4.78 is 1.15. The lowest BCUT2D eigenvalue weighted by atomic mass is 10.0. The predicted molar refractivity (Wildman–Crippen MR) is 93.5 cm³/mol. The first-order valence-corrected chi connectivity index (χ1v) is 8.26. The van der Waals surface area contributed by atoms with E-state index in [0.717, 1.165) is 21.2 Å². The summed E-state index contributed by atoms with van der Waals surface area (Å²) in [5.74, 6) is 0.0746. The van der Waals surface area contributed by atoms with E-state index >= 15 is 0 Å². The summed E-state index contributed by atoms with van der Waals surface area (Å²) in [4.78, 5) is 14.7. The second kappa shape index (κ2) is 5.93. The number of aryl methyl sites for hydroxylation is 1. The van der Waals surface area contributed by atoms with Crippen LogP contribution in [0.1, 0.15) is 34.5 Å². The molecule has 1 heterocycles. The molecule has 1 atom stereocenters. The molecule has 0 N–H and O–H groups in total. The van der Waals surface area contributed by atoms with Gasteiger partial charge in [0.05, 0.1) is 11.6 Å². The molecule has 0 bridgehead atoms. The monoisotopic (exact) mass is 309 g/mol. The van der Waals surface area contributed by atoms with Crippen molar-refractivity contribution >= 4 is 27.3 Å². The van der Waals surface area contributed by atoms with Crippen LogP contribution in [-0.4, -0.2) is 17.9 Å². The number of amides is 1. The maximum Gasteiger partial charge on any atom is 0.255 e. The smallest absolute Gasteiger partial charge is 0.255 e. The lowest BCUT2D eigenvalue weighted by molar-refractivity contribution is 0.0745. The fraction of sp³-hybridized carbons (Fsp3) is 0.211. The van der Waals surface area contributed by atoms with Gasteiger partial charge in [0.1, 0.15) is 0 Å². The molecular formula is C19H19NOS. The highest BCUT2D eigenvalue weighted by atomic mass is 32.1. The number of nitrogens with zero attached hydrogens (tertiary/aromatic N) is 1. The fourth-order valence-electron chi connectivity index (χ4n) is 2.58. The first-order valence-electron chi connectivity index (χ1n) is 7.38. The first kappa shape index (κ1) is 14.8. The zero-order valence-corrected chi connectivity index (χ0v) is 13.9. The van der Waals surface area contributed by atoms with E-state index < -0.39 is 0 Å². The molecule has 0 aliphatic rings. The van der Waals surface area contributed by atoms with Gasteiger partial charge in [-0.05, 0) is 25.5 Å². The summed E-state index contributed by atoms with van der Waals surface area (Å²) in [5, 5.41) is 3.01. The van der Waals surface area contributed by atoms with Gasteiger partial charge in [0, 0.05) is 22.5 Å². The number of fused-ring (bicyclic) bond motifs is 1. The van der Waals surface area contributed by atoms with Crippen LogP contribution in [0.2, 0.25) is 0 Å². The molecule has 1 aromatic heterocycles. The molecule has 1 unspecified atom stereocenters. The molecular weight excluding hydrogens is 290 g/mol. The largest absolute Gasteiger partial charge is 0.335 e. The van der Waals surface area contributed by atoms with Gasteiger partial charge in [0.2, 0.25) is 0 Å². The van der Waals surface area contributed by atoms with Crippen LogP contribution in [-0.2, 0) is 0 Å². The number of carbonyl (C=O) groups excluding carboxylic acids is 1. The van der Waals surface area contributed by atoms with Crippen molar-refractivity contribution in [1.82, 2.24) is 4.90 Å². The predicted octanol–water partition coefficient (Wildman–Crippen LogP) is 5.04. The van der Waals surface area contributed by atoms with Gasteiger partial charge < -0.3 is 4.90 Å². The highest BCUT2D eigenvalue weighted by Crippen LogP contribution is 2.29. The molecule has 0 radical (unpaired) electrons. The topological polar surface area (TPSA) is 20.3 Å². The van der Waals surface area contributed by atoms with Crippen LogP contribution in [0, 0.1) is 6.92 Å². The van der Waals surface area contributed by atoms with E-state index in [1.165, 1.54) is 5.56 Å². The van der Waals surface area contributed by atoms with Crippen molar-refractivity contribution in [3.8, 4) is 0 Å². The van der Waals surface area contributed by atoms with Gasteiger partial charge in [-0.15, -0.1) is 11.3 Å². The van der Waals surface area contributed by atoms with Crippen LogP contribution in [0.3, 0.4) is 0 Å². The third-order valence-corrected chi connectivity index (χ3v) is 5.14.